The number of thiazole rings is 1. The number of thioether (sulfide) groups is 1. The second kappa shape index (κ2) is 7.94. The van der Waals surface area contributed by atoms with Crippen molar-refractivity contribution in [3.8, 4) is 0 Å². The number of aromatic nitrogens is 3. The molecule has 0 amide bonds. The molecule has 2 heterocycles. The van der Waals surface area contributed by atoms with Crippen molar-refractivity contribution >= 4 is 48.5 Å². The summed E-state index contributed by atoms with van der Waals surface area (Å²) in [6, 6.07) is 5.13. The molecular weight excluding hydrogens is 414 g/mol. The molecule has 0 aliphatic heterocycles. The lowest BCUT2D eigenvalue weighted by atomic mass is 10.0. The minimum Gasteiger partial charge on any atom is -0.359 e. The van der Waals surface area contributed by atoms with Gasteiger partial charge in [-0.2, -0.15) is 0 Å². The number of sulfonamides is 1. The lowest BCUT2D eigenvalue weighted by Gasteiger charge is -2.12. The number of benzene rings is 1. The summed E-state index contributed by atoms with van der Waals surface area (Å²) in [5, 5.41) is 9.53. The van der Waals surface area contributed by atoms with E-state index in [4.69, 9.17) is 5.14 Å². The number of nitrogens with zero attached hydrogens (tertiary/aromatic N) is 3. The number of hydrogen-bond acceptors (Lipinski definition) is 8. The van der Waals surface area contributed by atoms with Crippen LogP contribution < -0.4 is 10.5 Å². The Labute approximate surface area is 172 Å². The fraction of sp³-hybridized carbons (Fsp3) is 0.389. The Hall–Kier alpha value is -1.75. The number of nitrogens with one attached hydrogen (secondary N) is 1. The summed E-state index contributed by atoms with van der Waals surface area (Å²) < 4.78 is 23.8. The Morgan fingerprint density at radius 3 is 2.79 bits per heavy atom. The van der Waals surface area contributed by atoms with E-state index in [9.17, 15) is 8.42 Å². The van der Waals surface area contributed by atoms with Crippen LogP contribution in [0.3, 0.4) is 0 Å². The Morgan fingerprint density at radius 2 is 2.07 bits per heavy atom. The second-order valence-corrected chi connectivity index (χ2v) is 10.4. The minimum atomic E-state index is -3.70. The van der Waals surface area contributed by atoms with E-state index in [1.807, 2.05) is 18.6 Å². The molecule has 7 nitrogen and oxygen atoms in total. The lowest BCUT2D eigenvalue weighted by molar-refractivity contribution is 0.524. The molecule has 0 bridgehead atoms. The number of nitrogens with two attached hydrogens (primary N) is 1. The number of fused-ring (bicyclic) bond motifs is 1. The quantitative estimate of drug-likeness (QED) is 0.572. The predicted octanol–water partition coefficient (Wildman–Crippen LogP) is 3.28. The number of rotatable bonds is 6. The monoisotopic (exact) mass is 435 g/mol. The SMILES string of the molecule is CSc1cnc(C[C@H]2CC[C@H](Nc3nc4ccc(S(N)(=O)=O)cc4s3)C2)nc1. The van der Waals surface area contributed by atoms with Crippen LogP contribution in [0.15, 0.2) is 40.4 Å². The zero-order chi connectivity index (χ0) is 19.7. The van der Waals surface area contributed by atoms with Crippen molar-refractivity contribution in [1.82, 2.24) is 15.0 Å². The van der Waals surface area contributed by atoms with Gasteiger partial charge in [0.25, 0.3) is 0 Å². The molecule has 0 unspecified atom stereocenters. The molecule has 4 rings (SSSR count). The molecule has 0 saturated heterocycles. The van der Waals surface area contributed by atoms with Crippen LogP contribution in [0.4, 0.5) is 5.13 Å². The predicted molar refractivity (Wildman–Crippen MR) is 113 cm³/mol. The zero-order valence-corrected chi connectivity index (χ0v) is 17.8. The van der Waals surface area contributed by atoms with Gasteiger partial charge in [-0.3, -0.25) is 0 Å². The van der Waals surface area contributed by atoms with Crippen LogP contribution in [-0.4, -0.2) is 35.7 Å². The molecule has 10 heteroatoms. The molecule has 1 aliphatic carbocycles. The summed E-state index contributed by atoms with van der Waals surface area (Å²) in [6.45, 7) is 0. The molecule has 2 aromatic heterocycles. The van der Waals surface area contributed by atoms with Crippen LogP contribution in [0.25, 0.3) is 10.2 Å². The topological polar surface area (TPSA) is 111 Å². The Balaban J connectivity index is 1.39. The first-order valence-electron chi connectivity index (χ1n) is 8.95. The Kier molecular flexibility index (Phi) is 5.55. The molecule has 28 heavy (non-hydrogen) atoms. The van der Waals surface area contributed by atoms with Crippen LogP contribution in [0.1, 0.15) is 25.1 Å². The van der Waals surface area contributed by atoms with Crippen LogP contribution in [0, 0.1) is 5.92 Å². The van der Waals surface area contributed by atoms with E-state index < -0.39 is 10.0 Å². The van der Waals surface area contributed by atoms with Crippen molar-refractivity contribution in [1.29, 1.82) is 0 Å². The van der Waals surface area contributed by atoms with Crippen molar-refractivity contribution in [2.45, 2.75) is 41.5 Å². The maximum absolute atomic E-state index is 11.5. The number of hydrogen-bond donors (Lipinski definition) is 2. The van der Waals surface area contributed by atoms with E-state index >= 15 is 0 Å². The fourth-order valence-electron chi connectivity index (χ4n) is 3.52. The summed E-state index contributed by atoms with van der Waals surface area (Å²) >= 11 is 3.10. The van der Waals surface area contributed by atoms with E-state index in [2.05, 4.69) is 20.3 Å². The van der Waals surface area contributed by atoms with E-state index in [1.165, 1.54) is 17.4 Å². The summed E-state index contributed by atoms with van der Waals surface area (Å²) in [4.78, 5) is 14.7. The van der Waals surface area contributed by atoms with Crippen LogP contribution in [0.2, 0.25) is 0 Å². The molecule has 0 radical (unpaired) electrons. The summed E-state index contributed by atoms with van der Waals surface area (Å²) in [5.74, 6) is 1.46. The lowest BCUT2D eigenvalue weighted by Crippen LogP contribution is -2.16. The van der Waals surface area contributed by atoms with Crippen LogP contribution in [-0.2, 0) is 16.4 Å². The summed E-state index contributed by atoms with van der Waals surface area (Å²) in [7, 11) is -3.70. The molecule has 1 aliphatic rings. The van der Waals surface area contributed by atoms with Gasteiger partial charge in [0, 0.05) is 29.8 Å². The standard InChI is InChI=1S/C18H21N5O2S3/c1-26-13-9-20-17(21-10-13)7-11-2-3-12(6-11)22-18-23-15-5-4-14(28(19,24)25)8-16(15)27-18/h4-5,8-12H,2-3,6-7H2,1H3,(H,22,23)(H2,19,24,25)/t11-,12-/m0/s1. The fourth-order valence-corrected chi connectivity index (χ4v) is 5.43. The van der Waals surface area contributed by atoms with Crippen molar-refractivity contribution in [2.24, 2.45) is 11.1 Å². The maximum atomic E-state index is 11.5. The highest BCUT2D eigenvalue weighted by molar-refractivity contribution is 7.98. The molecule has 1 fully saturated rings. The van der Waals surface area contributed by atoms with Gasteiger partial charge in [0.2, 0.25) is 10.0 Å². The first-order chi connectivity index (χ1) is 13.4. The van der Waals surface area contributed by atoms with Gasteiger partial charge in [0.1, 0.15) is 5.82 Å². The van der Waals surface area contributed by atoms with E-state index in [0.29, 0.717) is 12.0 Å². The third-order valence-electron chi connectivity index (χ3n) is 4.95. The molecule has 2 atom stereocenters. The number of anilines is 1. The van der Waals surface area contributed by atoms with Gasteiger partial charge < -0.3 is 5.32 Å². The number of primary sulfonamides is 1. The molecule has 3 N–H and O–H groups in total. The molecule has 1 saturated carbocycles. The summed E-state index contributed by atoms with van der Waals surface area (Å²) in [5.41, 5.74) is 0.775. The van der Waals surface area contributed by atoms with Gasteiger partial charge in [-0.15, -0.1) is 11.8 Å². The largest absolute Gasteiger partial charge is 0.359 e. The Morgan fingerprint density at radius 1 is 1.29 bits per heavy atom. The highest BCUT2D eigenvalue weighted by atomic mass is 32.2. The third-order valence-corrected chi connectivity index (χ3v) is 7.49. The van der Waals surface area contributed by atoms with Gasteiger partial charge >= 0.3 is 0 Å². The first kappa shape index (κ1) is 19.6. The molecule has 0 spiro atoms. The van der Waals surface area contributed by atoms with Crippen molar-refractivity contribution in [3.05, 3.63) is 36.4 Å². The highest BCUT2D eigenvalue weighted by Gasteiger charge is 2.26. The second-order valence-electron chi connectivity index (χ2n) is 6.96. The van der Waals surface area contributed by atoms with E-state index in [0.717, 1.165) is 51.8 Å². The molecule has 3 aromatic rings. The third kappa shape index (κ3) is 4.45. The van der Waals surface area contributed by atoms with E-state index in [-0.39, 0.29) is 4.90 Å². The van der Waals surface area contributed by atoms with Crippen molar-refractivity contribution in [2.75, 3.05) is 11.6 Å². The normalized spacial score (nSPS) is 19.9. The molecule has 148 valence electrons. The van der Waals surface area contributed by atoms with Crippen molar-refractivity contribution in [3.63, 3.8) is 0 Å². The van der Waals surface area contributed by atoms with Gasteiger partial charge in [-0.25, -0.2) is 28.5 Å². The first-order valence-corrected chi connectivity index (χ1v) is 12.5. The summed E-state index contributed by atoms with van der Waals surface area (Å²) in [6.07, 6.45) is 9.93. The molecular formula is C18H21N5O2S3. The van der Waals surface area contributed by atoms with Gasteiger partial charge in [0.15, 0.2) is 5.13 Å². The average Bonchev–Trinajstić information content (AvgIpc) is 3.27. The Bertz CT molecular complexity index is 1080. The van der Waals surface area contributed by atoms with Crippen molar-refractivity contribution < 1.29 is 8.42 Å². The molecule has 1 aromatic carbocycles. The van der Waals surface area contributed by atoms with Gasteiger partial charge in [0.05, 0.1) is 15.1 Å². The smallest absolute Gasteiger partial charge is 0.238 e. The minimum absolute atomic E-state index is 0.114. The van der Waals surface area contributed by atoms with Crippen LogP contribution in [0.5, 0.6) is 0 Å². The highest BCUT2D eigenvalue weighted by Crippen LogP contribution is 2.33. The van der Waals surface area contributed by atoms with E-state index in [1.54, 1.807) is 23.9 Å². The van der Waals surface area contributed by atoms with Crippen LogP contribution >= 0.6 is 23.1 Å². The zero-order valence-electron chi connectivity index (χ0n) is 15.3. The van der Waals surface area contributed by atoms with Gasteiger partial charge in [-0.05, 0) is 49.6 Å². The maximum Gasteiger partial charge on any atom is 0.238 e. The van der Waals surface area contributed by atoms with Gasteiger partial charge in [-0.1, -0.05) is 11.3 Å². The average molecular weight is 436 g/mol.